The molecule has 0 aliphatic carbocycles. The minimum atomic E-state index is -3.97. The standard InChI is InChI=1S/C25H22N3O4PS.C19H18N3O2P.C18H14IN3O3S/c1-17-24(18(2)32-27-17)19-14-22-23(33(3,29)20-10-6-4-7-11-20)16-28(25(22)26-15-19)34(30,31)21-12-8-5-9-13-21;1-12-18(13(2)24-22-12)14-9-16-17(11-21-19(16)20-10-14)25(3,23)15-7-5-4-6-8-15;1-11-17(12(2)25-21-11)13-8-15-16(19)10-22(18(15)20-9-13)26(23,24)14-6-4-3-5-7-14/h4-16H,1-3H3;4-11H,1-3H3,(H,20,21);3-10H,1-2H3. The monoisotopic (exact) mass is 1320 g/mol. The van der Waals surface area contributed by atoms with Gasteiger partial charge in [-0.05, 0) is 120 Å². The summed E-state index contributed by atoms with van der Waals surface area (Å²) in [6.07, 6.45) is 9.89. The summed E-state index contributed by atoms with van der Waals surface area (Å²) in [5.41, 5.74) is 8.70. The van der Waals surface area contributed by atoms with Crippen molar-refractivity contribution in [1.82, 2.24) is 43.4 Å². The van der Waals surface area contributed by atoms with E-state index in [4.69, 9.17) is 13.6 Å². The number of hydrogen-bond donors (Lipinski definition) is 1. The average molecular weight is 1320 g/mol. The Morgan fingerprint density at radius 2 is 0.835 bits per heavy atom. The Balaban J connectivity index is 0.000000135. The summed E-state index contributed by atoms with van der Waals surface area (Å²) in [4.78, 5) is 17.0. The second-order valence-electron chi connectivity index (χ2n) is 20.3. The van der Waals surface area contributed by atoms with Crippen molar-refractivity contribution in [3.8, 4) is 33.4 Å². The second kappa shape index (κ2) is 22.9. The topological polar surface area (TPSA) is 245 Å². The summed E-state index contributed by atoms with van der Waals surface area (Å²) in [6, 6.07) is 40.9. The molecule has 0 fully saturated rings. The average Bonchev–Trinajstić information content (AvgIpc) is 1.77. The van der Waals surface area contributed by atoms with E-state index in [2.05, 4.69) is 58.0 Å². The maximum atomic E-state index is 14.2. The molecule has 0 radical (unpaired) electrons. The molecular weight excluding hydrogens is 1270 g/mol. The van der Waals surface area contributed by atoms with Crippen molar-refractivity contribution < 1.29 is 39.5 Å². The van der Waals surface area contributed by atoms with Gasteiger partial charge in [-0.2, -0.15) is 0 Å². The fraction of sp³-hybridized carbons (Fsp3) is 0.129. The molecule has 0 aliphatic heterocycles. The van der Waals surface area contributed by atoms with Crippen LogP contribution in [-0.4, -0.2) is 73.5 Å². The van der Waals surface area contributed by atoms with Crippen LogP contribution < -0.4 is 21.2 Å². The Morgan fingerprint density at radius 1 is 0.471 bits per heavy atom. The van der Waals surface area contributed by atoms with Gasteiger partial charge in [-0.1, -0.05) is 113 Å². The van der Waals surface area contributed by atoms with Crippen molar-refractivity contribution >= 4 is 111 Å². The minimum Gasteiger partial charge on any atom is -0.361 e. The highest BCUT2D eigenvalue weighted by atomic mass is 127. The minimum absolute atomic E-state index is 0.126. The molecular formula is C62H54IN9O9P2S2. The lowest BCUT2D eigenvalue weighted by atomic mass is 10.1. The first kappa shape index (κ1) is 58.4. The first-order valence-electron chi connectivity index (χ1n) is 26.4. The summed E-state index contributed by atoms with van der Waals surface area (Å²) in [5.74, 6) is 2.08. The predicted octanol–water partition coefficient (Wildman–Crippen LogP) is 12.4. The van der Waals surface area contributed by atoms with E-state index in [0.717, 1.165) is 79.5 Å². The summed E-state index contributed by atoms with van der Waals surface area (Å²) in [6.45, 7) is 14.6. The van der Waals surface area contributed by atoms with Crippen LogP contribution in [0.2, 0.25) is 0 Å². The van der Waals surface area contributed by atoms with Gasteiger partial charge >= 0.3 is 0 Å². The summed E-state index contributed by atoms with van der Waals surface area (Å²) >= 11 is 2.13. The lowest BCUT2D eigenvalue weighted by Crippen LogP contribution is -2.16. The van der Waals surface area contributed by atoms with E-state index in [1.54, 1.807) is 106 Å². The molecule has 2 unspecified atom stereocenters. The van der Waals surface area contributed by atoms with E-state index in [0.29, 0.717) is 44.4 Å². The van der Waals surface area contributed by atoms with E-state index in [9.17, 15) is 26.0 Å². The van der Waals surface area contributed by atoms with Gasteiger partial charge in [0.05, 0.1) is 26.9 Å². The van der Waals surface area contributed by atoms with Gasteiger partial charge in [0.2, 0.25) is 0 Å². The number of H-pyrrole nitrogens is 1. The van der Waals surface area contributed by atoms with Crippen LogP contribution in [0.1, 0.15) is 34.4 Å². The summed E-state index contributed by atoms with van der Waals surface area (Å²) < 4.78 is 99.8. The fourth-order valence-electron chi connectivity index (χ4n) is 10.4. The molecule has 430 valence electrons. The molecule has 0 aliphatic rings. The number of pyridine rings is 3. The van der Waals surface area contributed by atoms with Crippen molar-refractivity contribution in [2.75, 3.05) is 13.3 Å². The largest absolute Gasteiger partial charge is 0.361 e. The SMILES string of the molecule is Cc1noc(C)c1-c1cnc2[nH]cc(P(C)(=O)c3ccccc3)c2c1.Cc1noc(C)c1-c1cnc2c(c1)c(I)cn2S(=O)(=O)c1ccccc1.Cc1noc(C)c1-c1cnc2c(c1)c(P(C)(=O)c1ccccc1)cn2S(=O)(=O)c1ccccc1. The zero-order chi connectivity index (χ0) is 60.2. The van der Waals surface area contributed by atoms with Crippen LogP contribution in [-0.2, 0) is 29.2 Å². The zero-order valence-corrected chi connectivity index (χ0v) is 52.7. The van der Waals surface area contributed by atoms with Crippen molar-refractivity contribution in [2.24, 2.45) is 0 Å². The van der Waals surface area contributed by atoms with Crippen LogP contribution in [0.25, 0.3) is 66.5 Å². The lowest BCUT2D eigenvalue weighted by molar-refractivity contribution is 0.393. The highest BCUT2D eigenvalue weighted by Gasteiger charge is 2.32. The van der Waals surface area contributed by atoms with E-state index >= 15 is 0 Å². The molecule has 85 heavy (non-hydrogen) atoms. The third kappa shape index (κ3) is 10.8. The number of aryl methyl sites for hydroxylation is 6. The zero-order valence-electron chi connectivity index (χ0n) is 47.1. The number of fused-ring (bicyclic) bond motifs is 3. The highest BCUT2D eigenvalue weighted by Crippen LogP contribution is 2.44. The van der Waals surface area contributed by atoms with Gasteiger partial charge in [-0.3, -0.25) is 0 Å². The number of hydrogen-bond acceptors (Lipinski definition) is 15. The van der Waals surface area contributed by atoms with Crippen molar-refractivity contribution in [3.05, 3.63) is 215 Å². The third-order valence-corrected chi connectivity index (χ3v) is 24.0. The summed E-state index contributed by atoms with van der Waals surface area (Å²) in [5, 5.41) is 16.8. The van der Waals surface area contributed by atoms with Crippen LogP contribution in [0.5, 0.6) is 0 Å². The number of nitrogens with zero attached hydrogens (tertiary/aromatic N) is 8. The van der Waals surface area contributed by atoms with Crippen molar-refractivity contribution in [3.63, 3.8) is 0 Å². The molecule has 0 amide bonds. The number of benzene rings is 4. The number of aromatic nitrogens is 9. The normalized spacial score (nSPS) is 13.2. The van der Waals surface area contributed by atoms with E-state index < -0.39 is 34.3 Å². The second-order valence-corrected chi connectivity index (χ2v) is 30.8. The van der Waals surface area contributed by atoms with E-state index in [1.807, 2.05) is 108 Å². The number of halogens is 1. The van der Waals surface area contributed by atoms with Gasteiger partial charge in [0, 0.05) is 112 Å². The smallest absolute Gasteiger partial charge is 0.269 e. The van der Waals surface area contributed by atoms with Crippen molar-refractivity contribution in [2.45, 2.75) is 51.3 Å². The number of rotatable bonds is 11. The highest BCUT2D eigenvalue weighted by molar-refractivity contribution is 14.1. The van der Waals surface area contributed by atoms with Gasteiger partial charge in [-0.25, -0.2) is 39.7 Å². The number of aromatic amines is 1. The van der Waals surface area contributed by atoms with Crippen molar-refractivity contribution in [1.29, 1.82) is 0 Å². The van der Waals surface area contributed by atoms with Crippen LogP contribution >= 0.6 is 36.9 Å². The molecule has 4 aromatic carbocycles. The fourth-order valence-corrected chi connectivity index (χ4v) is 17.9. The van der Waals surface area contributed by atoms with E-state index in [1.165, 1.54) is 22.3 Å². The Hall–Kier alpha value is -8.33. The molecule has 18 nitrogen and oxygen atoms in total. The maximum absolute atomic E-state index is 14.2. The molecule has 9 heterocycles. The van der Waals surface area contributed by atoms with Gasteiger partial charge in [0.1, 0.15) is 37.2 Å². The van der Waals surface area contributed by atoms with Gasteiger partial charge in [-0.15, -0.1) is 0 Å². The Morgan fingerprint density at radius 3 is 1.26 bits per heavy atom. The van der Waals surface area contributed by atoms with Gasteiger partial charge < -0.3 is 27.7 Å². The molecule has 2 atom stereocenters. The van der Waals surface area contributed by atoms with Crippen LogP contribution in [0.4, 0.5) is 0 Å². The molecule has 9 aromatic heterocycles. The third-order valence-electron chi connectivity index (χ3n) is 14.6. The quantitative estimate of drug-likeness (QED) is 0.0934. The molecule has 13 rings (SSSR count). The van der Waals surface area contributed by atoms with Gasteiger partial charge in [0.15, 0.2) is 11.3 Å². The molecule has 23 heteroatoms. The molecule has 0 saturated carbocycles. The molecule has 0 spiro atoms. The van der Waals surface area contributed by atoms with Crippen LogP contribution in [0, 0.1) is 45.1 Å². The number of nitrogens with one attached hydrogen (secondary N) is 1. The lowest BCUT2D eigenvalue weighted by Gasteiger charge is -2.12. The maximum Gasteiger partial charge on any atom is 0.269 e. The predicted molar refractivity (Wildman–Crippen MR) is 340 cm³/mol. The Kier molecular flexibility index (Phi) is 15.8. The summed E-state index contributed by atoms with van der Waals surface area (Å²) in [7, 11) is -13.6. The molecule has 0 saturated heterocycles. The van der Waals surface area contributed by atoms with Crippen LogP contribution in [0.15, 0.2) is 200 Å². The molecule has 1 N–H and O–H groups in total. The Labute approximate surface area is 503 Å². The van der Waals surface area contributed by atoms with E-state index in [-0.39, 0.29) is 15.4 Å². The van der Waals surface area contributed by atoms with Crippen LogP contribution in [0.3, 0.4) is 0 Å². The Bertz CT molecular complexity index is 4950. The van der Waals surface area contributed by atoms with Gasteiger partial charge in [0.25, 0.3) is 20.0 Å². The molecule has 13 aromatic rings. The molecule has 0 bridgehead atoms. The first-order chi connectivity index (χ1) is 40.6. The first-order valence-corrected chi connectivity index (χ1v) is 34.7.